The first-order valence-corrected chi connectivity index (χ1v) is 7.64. The van der Waals surface area contributed by atoms with Crippen molar-refractivity contribution >= 4 is 29.2 Å². The third kappa shape index (κ3) is 3.42. The minimum Gasteiger partial charge on any atom is -0.462 e. The van der Waals surface area contributed by atoms with Crippen molar-refractivity contribution in [1.82, 2.24) is 4.98 Å². The normalized spacial score (nSPS) is 10.1. The number of carbonyl (C=O) groups is 2. The van der Waals surface area contributed by atoms with Crippen LogP contribution in [0, 0.1) is 25.2 Å². The van der Waals surface area contributed by atoms with E-state index in [0.29, 0.717) is 28.1 Å². The van der Waals surface area contributed by atoms with Crippen LogP contribution in [0.25, 0.3) is 0 Å². The molecule has 1 aromatic carbocycles. The Morgan fingerprint density at radius 1 is 1.38 bits per heavy atom. The lowest BCUT2D eigenvalue weighted by Crippen LogP contribution is -2.14. The summed E-state index contributed by atoms with van der Waals surface area (Å²) in [4.78, 5) is 27.3. The molecule has 6 nitrogen and oxygen atoms in total. The molecule has 2 N–H and O–H groups in total. The zero-order valence-corrected chi connectivity index (χ0v) is 14.2. The highest BCUT2D eigenvalue weighted by Crippen LogP contribution is 2.23. The van der Waals surface area contributed by atoms with Crippen LogP contribution in [-0.2, 0) is 4.74 Å². The molecule has 0 aliphatic rings. The Kier molecular flexibility index (Phi) is 5.27. The van der Waals surface area contributed by atoms with Crippen LogP contribution in [0.2, 0.25) is 5.02 Å². The number of H-pyrrole nitrogens is 1. The summed E-state index contributed by atoms with van der Waals surface area (Å²) in [5.74, 6) is -0.879. The molecule has 1 aromatic heterocycles. The molecule has 7 heteroatoms. The fraction of sp³-hybridized carbons (Fsp3) is 0.235. The van der Waals surface area contributed by atoms with Gasteiger partial charge in [0.15, 0.2) is 0 Å². The molecule has 1 amide bonds. The monoisotopic (exact) mass is 345 g/mol. The number of benzene rings is 1. The van der Waals surface area contributed by atoms with Crippen molar-refractivity contribution in [2.45, 2.75) is 20.8 Å². The van der Waals surface area contributed by atoms with Gasteiger partial charge in [-0.1, -0.05) is 11.6 Å². The molecule has 0 atom stereocenters. The average Bonchev–Trinajstić information content (AvgIpc) is 2.82. The molecule has 0 bridgehead atoms. The molecule has 0 aliphatic heterocycles. The number of hydrogen-bond acceptors (Lipinski definition) is 4. The summed E-state index contributed by atoms with van der Waals surface area (Å²) in [5, 5.41) is 11.8. The molecule has 2 rings (SSSR count). The Morgan fingerprint density at radius 3 is 2.67 bits per heavy atom. The van der Waals surface area contributed by atoms with Crippen molar-refractivity contribution in [1.29, 1.82) is 5.26 Å². The Labute approximate surface area is 144 Å². The summed E-state index contributed by atoms with van der Waals surface area (Å²) in [7, 11) is 0. The predicted molar refractivity (Wildman–Crippen MR) is 90.3 cm³/mol. The number of halogens is 1. The molecule has 0 saturated carbocycles. The van der Waals surface area contributed by atoms with Crippen molar-refractivity contribution in [2.24, 2.45) is 0 Å². The van der Waals surface area contributed by atoms with Gasteiger partial charge in [-0.25, -0.2) is 4.79 Å². The minimum atomic E-state index is -0.468. The molecule has 0 spiro atoms. The van der Waals surface area contributed by atoms with Gasteiger partial charge in [-0.2, -0.15) is 5.26 Å². The lowest BCUT2D eigenvalue weighted by atomic mass is 10.1. The quantitative estimate of drug-likeness (QED) is 0.828. The van der Waals surface area contributed by atoms with E-state index in [2.05, 4.69) is 10.3 Å². The van der Waals surface area contributed by atoms with Gasteiger partial charge in [0.05, 0.1) is 22.8 Å². The first kappa shape index (κ1) is 17.6. The van der Waals surface area contributed by atoms with E-state index in [9.17, 15) is 9.59 Å². The third-order valence-electron chi connectivity index (χ3n) is 3.49. The molecular formula is C17H16ClN3O3. The Bertz CT molecular complexity index is 849. The van der Waals surface area contributed by atoms with Crippen LogP contribution < -0.4 is 5.32 Å². The van der Waals surface area contributed by atoms with Crippen LogP contribution in [0.5, 0.6) is 0 Å². The molecule has 124 valence electrons. The SMILES string of the molecule is CCOC(=O)c1c(C)[nH]c(C(=O)Nc2ccc(C#N)c(Cl)c2)c1C. The van der Waals surface area contributed by atoms with E-state index in [1.807, 2.05) is 6.07 Å². The highest BCUT2D eigenvalue weighted by atomic mass is 35.5. The fourth-order valence-corrected chi connectivity index (χ4v) is 2.59. The number of rotatable bonds is 4. The zero-order chi connectivity index (χ0) is 17.9. The van der Waals surface area contributed by atoms with E-state index in [1.165, 1.54) is 12.1 Å². The summed E-state index contributed by atoms with van der Waals surface area (Å²) in [6.07, 6.45) is 0. The summed E-state index contributed by atoms with van der Waals surface area (Å²) in [6, 6.07) is 6.55. The maximum Gasteiger partial charge on any atom is 0.340 e. The molecule has 2 aromatic rings. The molecule has 0 unspecified atom stereocenters. The lowest BCUT2D eigenvalue weighted by molar-refractivity contribution is 0.0525. The molecule has 24 heavy (non-hydrogen) atoms. The average molecular weight is 346 g/mol. The van der Waals surface area contributed by atoms with Gasteiger partial charge in [-0.15, -0.1) is 0 Å². The number of ether oxygens (including phenoxy) is 1. The van der Waals surface area contributed by atoms with E-state index >= 15 is 0 Å². The molecule has 1 heterocycles. The second-order valence-corrected chi connectivity index (χ2v) is 5.51. The molecule has 0 fully saturated rings. The standard InChI is InChI=1S/C17H16ClN3O3/c1-4-24-17(23)14-9(2)15(20-10(14)3)16(22)21-12-6-5-11(8-19)13(18)7-12/h5-7,20H,4H2,1-3H3,(H,21,22). The number of aromatic nitrogens is 1. The molecule has 0 radical (unpaired) electrons. The second kappa shape index (κ2) is 7.20. The number of nitrogens with one attached hydrogen (secondary N) is 2. The summed E-state index contributed by atoms with van der Waals surface area (Å²) in [6.45, 7) is 5.36. The number of aromatic amines is 1. The summed E-state index contributed by atoms with van der Waals surface area (Å²) < 4.78 is 5.00. The van der Waals surface area contributed by atoms with E-state index in [0.717, 1.165) is 0 Å². The maximum atomic E-state index is 12.4. The molecule has 0 saturated heterocycles. The zero-order valence-electron chi connectivity index (χ0n) is 13.5. The Morgan fingerprint density at radius 2 is 2.08 bits per heavy atom. The Balaban J connectivity index is 2.28. The van der Waals surface area contributed by atoms with E-state index in [4.69, 9.17) is 21.6 Å². The summed E-state index contributed by atoms with van der Waals surface area (Å²) >= 11 is 5.95. The number of nitriles is 1. The topological polar surface area (TPSA) is 95.0 Å². The van der Waals surface area contributed by atoms with Crippen molar-refractivity contribution in [3.8, 4) is 6.07 Å². The van der Waals surface area contributed by atoms with Gasteiger partial charge in [-0.05, 0) is 44.5 Å². The van der Waals surface area contributed by atoms with Gasteiger partial charge in [-0.3, -0.25) is 4.79 Å². The van der Waals surface area contributed by atoms with Crippen LogP contribution >= 0.6 is 11.6 Å². The first-order valence-electron chi connectivity index (χ1n) is 7.26. The third-order valence-corrected chi connectivity index (χ3v) is 3.80. The van der Waals surface area contributed by atoms with Crippen molar-refractivity contribution in [2.75, 3.05) is 11.9 Å². The van der Waals surface area contributed by atoms with Gasteiger partial charge in [0.25, 0.3) is 5.91 Å². The second-order valence-electron chi connectivity index (χ2n) is 5.11. The highest BCUT2D eigenvalue weighted by molar-refractivity contribution is 6.32. The number of carbonyl (C=O) groups excluding carboxylic acids is 2. The van der Waals surface area contributed by atoms with Gasteiger partial charge in [0.2, 0.25) is 0 Å². The van der Waals surface area contributed by atoms with Crippen LogP contribution in [0.15, 0.2) is 18.2 Å². The van der Waals surface area contributed by atoms with Crippen LogP contribution in [0.1, 0.15) is 44.6 Å². The van der Waals surface area contributed by atoms with Crippen molar-refractivity contribution < 1.29 is 14.3 Å². The Hall–Kier alpha value is -2.78. The number of hydrogen-bond donors (Lipinski definition) is 2. The van der Waals surface area contributed by atoms with Gasteiger partial charge >= 0.3 is 5.97 Å². The van der Waals surface area contributed by atoms with E-state index < -0.39 is 11.9 Å². The van der Waals surface area contributed by atoms with Crippen LogP contribution in [-0.4, -0.2) is 23.5 Å². The number of esters is 1. The number of aryl methyl sites for hydroxylation is 1. The largest absolute Gasteiger partial charge is 0.462 e. The van der Waals surface area contributed by atoms with E-state index in [1.54, 1.807) is 26.8 Å². The number of amides is 1. The van der Waals surface area contributed by atoms with Gasteiger partial charge < -0.3 is 15.0 Å². The first-order chi connectivity index (χ1) is 11.4. The minimum absolute atomic E-state index is 0.252. The maximum absolute atomic E-state index is 12.4. The van der Waals surface area contributed by atoms with Crippen molar-refractivity contribution in [3.05, 3.63) is 51.3 Å². The predicted octanol–water partition coefficient (Wildman–Crippen LogP) is 3.59. The lowest BCUT2D eigenvalue weighted by Gasteiger charge is -2.06. The fourth-order valence-electron chi connectivity index (χ4n) is 2.36. The molecular weight excluding hydrogens is 330 g/mol. The van der Waals surface area contributed by atoms with Crippen LogP contribution in [0.4, 0.5) is 5.69 Å². The smallest absolute Gasteiger partial charge is 0.340 e. The van der Waals surface area contributed by atoms with Gasteiger partial charge in [0, 0.05) is 11.4 Å². The van der Waals surface area contributed by atoms with Gasteiger partial charge in [0.1, 0.15) is 11.8 Å². The molecule has 0 aliphatic carbocycles. The van der Waals surface area contributed by atoms with E-state index in [-0.39, 0.29) is 17.3 Å². The highest BCUT2D eigenvalue weighted by Gasteiger charge is 2.23. The van der Waals surface area contributed by atoms with Crippen molar-refractivity contribution in [3.63, 3.8) is 0 Å². The number of anilines is 1. The number of nitrogens with zero attached hydrogens (tertiary/aromatic N) is 1. The summed E-state index contributed by atoms with van der Waals surface area (Å²) in [5.41, 5.74) is 2.49. The van der Waals surface area contributed by atoms with Crippen LogP contribution in [0.3, 0.4) is 0 Å².